The largest absolute Gasteiger partial charge is 0.454 e. The van der Waals surface area contributed by atoms with Gasteiger partial charge in [0.05, 0.1) is 4.90 Å². The molecule has 3 heterocycles. The maximum atomic E-state index is 13.1. The quantitative estimate of drug-likeness (QED) is 0.675. The summed E-state index contributed by atoms with van der Waals surface area (Å²) in [5, 5.41) is 0.287. The molecule has 0 aliphatic carbocycles. The average molecular weight is 475 g/mol. The zero-order valence-corrected chi connectivity index (χ0v) is 19.4. The monoisotopic (exact) mass is 474 g/mol. The van der Waals surface area contributed by atoms with E-state index in [9.17, 15) is 13.2 Å². The predicted molar refractivity (Wildman–Crippen MR) is 123 cm³/mol. The number of hydrogen-bond acceptors (Lipinski definition) is 6. The van der Waals surface area contributed by atoms with Gasteiger partial charge in [-0.15, -0.1) is 0 Å². The van der Waals surface area contributed by atoms with Crippen LogP contribution in [-0.4, -0.2) is 62.3 Å². The van der Waals surface area contributed by atoms with Crippen LogP contribution in [0.3, 0.4) is 0 Å². The molecule has 3 aliphatic rings. The second kappa shape index (κ2) is 8.96. The Morgan fingerprint density at radius 3 is 2.47 bits per heavy atom. The molecule has 1 amide bonds. The van der Waals surface area contributed by atoms with Gasteiger partial charge in [0.1, 0.15) is 0 Å². The molecule has 1 atom stereocenters. The topological polar surface area (TPSA) is 76.2 Å². The molecule has 5 rings (SSSR count). The number of rotatable bonds is 4. The van der Waals surface area contributed by atoms with Crippen LogP contribution in [0.15, 0.2) is 47.4 Å². The van der Waals surface area contributed by atoms with Gasteiger partial charge < -0.3 is 14.4 Å². The molecule has 1 unspecified atom stereocenters. The third kappa shape index (κ3) is 4.21. The van der Waals surface area contributed by atoms with Gasteiger partial charge in [0.15, 0.2) is 11.5 Å². The van der Waals surface area contributed by atoms with E-state index in [1.165, 1.54) is 9.87 Å². The Bertz CT molecular complexity index is 1100. The lowest BCUT2D eigenvalue weighted by molar-refractivity contribution is 0.0766. The number of benzene rings is 2. The van der Waals surface area contributed by atoms with Gasteiger partial charge in [-0.2, -0.15) is 16.1 Å². The van der Waals surface area contributed by atoms with Gasteiger partial charge >= 0.3 is 0 Å². The lowest BCUT2D eigenvalue weighted by atomic mass is 10.1. The predicted octanol–water partition coefficient (Wildman–Crippen LogP) is 3.52. The van der Waals surface area contributed by atoms with Gasteiger partial charge in [-0.05, 0) is 61.2 Å². The molecule has 2 aromatic rings. The van der Waals surface area contributed by atoms with Crippen molar-refractivity contribution >= 4 is 27.7 Å². The Balaban J connectivity index is 1.25. The number of hydrogen-bond donors (Lipinski definition) is 0. The molecule has 2 saturated heterocycles. The van der Waals surface area contributed by atoms with Crippen LogP contribution >= 0.6 is 11.8 Å². The minimum absolute atomic E-state index is 0.0537. The van der Waals surface area contributed by atoms with Crippen molar-refractivity contribution in [2.24, 2.45) is 0 Å². The Hall–Kier alpha value is -2.23. The summed E-state index contributed by atoms with van der Waals surface area (Å²) in [4.78, 5) is 15.2. The molecule has 7 nitrogen and oxygen atoms in total. The lowest BCUT2D eigenvalue weighted by Gasteiger charge is -2.21. The van der Waals surface area contributed by atoms with Crippen LogP contribution in [0.25, 0.3) is 0 Å². The molecule has 2 fully saturated rings. The fourth-order valence-electron chi connectivity index (χ4n) is 4.38. The maximum Gasteiger partial charge on any atom is 0.253 e. The van der Waals surface area contributed by atoms with E-state index in [1.54, 1.807) is 24.3 Å². The van der Waals surface area contributed by atoms with Crippen molar-refractivity contribution in [1.29, 1.82) is 0 Å². The highest BCUT2D eigenvalue weighted by Crippen LogP contribution is 2.40. The second-order valence-electron chi connectivity index (χ2n) is 8.19. The van der Waals surface area contributed by atoms with Crippen LogP contribution in [-0.2, 0) is 10.0 Å². The first-order chi connectivity index (χ1) is 15.5. The lowest BCUT2D eigenvalue weighted by Crippen LogP contribution is -2.33. The van der Waals surface area contributed by atoms with Crippen molar-refractivity contribution in [1.82, 2.24) is 9.21 Å². The Labute approximate surface area is 192 Å². The highest BCUT2D eigenvalue weighted by atomic mass is 32.2. The smallest absolute Gasteiger partial charge is 0.253 e. The van der Waals surface area contributed by atoms with Crippen molar-refractivity contribution in [3.8, 4) is 11.5 Å². The van der Waals surface area contributed by atoms with Gasteiger partial charge in [0, 0.05) is 42.7 Å². The SMILES string of the molecule is O=C(c1ccc(S(=O)(=O)N2CCCC2)cc1)N1CCSC(c2ccc3c(c2)OCO3)CC1. The minimum atomic E-state index is -3.47. The first-order valence-corrected chi connectivity index (χ1v) is 13.4. The van der Waals surface area contributed by atoms with Gasteiger partial charge in [-0.3, -0.25) is 4.79 Å². The highest BCUT2D eigenvalue weighted by molar-refractivity contribution is 7.99. The number of amides is 1. The number of carbonyl (C=O) groups excluding carboxylic acids is 1. The van der Waals surface area contributed by atoms with Crippen LogP contribution in [0.2, 0.25) is 0 Å². The van der Waals surface area contributed by atoms with Gasteiger partial charge in [0.25, 0.3) is 5.91 Å². The summed E-state index contributed by atoms with van der Waals surface area (Å²) < 4.78 is 37.9. The fraction of sp³-hybridized carbons (Fsp3) is 0.435. The normalized spacial score (nSPS) is 21.5. The molecule has 0 aromatic heterocycles. The number of thioether (sulfide) groups is 1. The molecular weight excluding hydrogens is 448 g/mol. The molecule has 0 spiro atoms. The van der Waals surface area contributed by atoms with Gasteiger partial charge in [0.2, 0.25) is 16.8 Å². The van der Waals surface area contributed by atoms with Crippen LogP contribution < -0.4 is 9.47 Å². The summed E-state index contributed by atoms with van der Waals surface area (Å²) in [7, 11) is -3.47. The molecule has 3 aliphatic heterocycles. The summed E-state index contributed by atoms with van der Waals surface area (Å²) >= 11 is 1.84. The number of ether oxygens (including phenoxy) is 2. The van der Waals surface area contributed by atoms with Crippen LogP contribution in [0.1, 0.15) is 40.4 Å². The molecule has 0 radical (unpaired) electrons. The molecule has 170 valence electrons. The van der Waals surface area contributed by atoms with Crippen molar-refractivity contribution in [2.45, 2.75) is 29.4 Å². The first-order valence-electron chi connectivity index (χ1n) is 10.9. The van der Waals surface area contributed by atoms with Crippen molar-refractivity contribution in [2.75, 3.05) is 38.7 Å². The van der Waals surface area contributed by atoms with Gasteiger partial charge in [-0.1, -0.05) is 6.07 Å². The number of nitrogens with zero attached hydrogens (tertiary/aromatic N) is 2. The van der Waals surface area contributed by atoms with Gasteiger partial charge in [-0.25, -0.2) is 8.42 Å². The Kier molecular flexibility index (Phi) is 6.05. The van der Waals surface area contributed by atoms with Crippen LogP contribution in [0, 0.1) is 0 Å². The summed E-state index contributed by atoms with van der Waals surface area (Å²) in [5.41, 5.74) is 1.71. The summed E-state index contributed by atoms with van der Waals surface area (Å²) in [6.45, 7) is 2.71. The first kappa shape index (κ1) is 21.6. The molecule has 0 N–H and O–H groups in total. The zero-order valence-electron chi connectivity index (χ0n) is 17.7. The van der Waals surface area contributed by atoms with Crippen LogP contribution in [0.5, 0.6) is 11.5 Å². The maximum absolute atomic E-state index is 13.1. The second-order valence-corrected chi connectivity index (χ2v) is 11.4. The van der Waals surface area contributed by atoms with E-state index in [-0.39, 0.29) is 22.8 Å². The van der Waals surface area contributed by atoms with Crippen molar-refractivity contribution in [3.63, 3.8) is 0 Å². The molecule has 0 saturated carbocycles. The highest BCUT2D eigenvalue weighted by Gasteiger charge is 2.28. The van der Waals surface area contributed by atoms with E-state index in [2.05, 4.69) is 6.07 Å². The van der Waals surface area contributed by atoms with Crippen LogP contribution in [0.4, 0.5) is 0 Å². The molecule has 0 bridgehead atoms. The number of fused-ring (bicyclic) bond motifs is 1. The van der Waals surface area contributed by atoms with E-state index in [0.29, 0.717) is 31.7 Å². The Morgan fingerprint density at radius 1 is 0.938 bits per heavy atom. The molecule has 32 heavy (non-hydrogen) atoms. The number of carbonyl (C=O) groups is 1. The summed E-state index contributed by atoms with van der Waals surface area (Å²) in [6.07, 6.45) is 2.64. The summed E-state index contributed by atoms with van der Waals surface area (Å²) in [5.74, 6) is 2.34. The van der Waals surface area contributed by atoms with Crippen molar-refractivity contribution < 1.29 is 22.7 Å². The molecular formula is C23H26N2O5S2. The van der Waals surface area contributed by atoms with E-state index < -0.39 is 10.0 Å². The van der Waals surface area contributed by atoms with E-state index >= 15 is 0 Å². The average Bonchev–Trinajstić information content (AvgIpc) is 3.46. The fourth-order valence-corrected chi connectivity index (χ4v) is 7.12. The van der Waals surface area contributed by atoms with Crippen molar-refractivity contribution in [3.05, 3.63) is 53.6 Å². The third-order valence-corrected chi connectivity index (χ3v) is 9.44. The Morgan fingerprint density at radius 2 is 1.69 bits per heavy atom. The molecule has 9 heteroatoms. The molecule has 2 aromatic carbocycles. The zero-order chi connectivity index (χ0) is 22.1. The summed E-state index contributed by atoms with van der Waals surface area (Å²) in [6, 6.07) is 12.5. The minimum Gasteiger partial charge on any atom is -0.454 e. The third-order valence-electron chi connectivity index (χ3n) is 6.20. The standard InChI is InChI=1S/C23H26N2O5S2/c26-23(17-3-6-19(7-4-17)32(27,28)25-10-1-2-11-25)24-12-9-22(31-14-13-24)18-5-8-20-21(15-18)30-16-29-20/h3-8,15,22H,1-2,9-14,16H2. The van der Waals surface area contributed by atoms with E-state index in [1.807, 2.05) is 28.8 Å². The van der Waals surface area contributed by atoms with E-state index in [0.717, 1.165) is 36.5 Å². The number of sulfonamides is 1. The van der Waals surface area contributed by atoms with E-state index in [4.69, 9.17) is 9.47 Å².